The number of benzene rings is 1. The molecule has 2 atom stereocenters. The molecule has 0 radical (unpaired) electrons. The van der Waals surface area contributed by atoms with Crippen molar-refractivity contribution in [2.45, 2.75) is 6.92 Å². The summed E-state index contributed by atoms with van der Waals surface area (Å²) in [5, 5.41) is 0. The first-order chi connectivity index (χ1) is 8.23. The summed E-state index contributed by atoms with van der Waals surface area (Å²) in [6.45, 7) is 2.08. The SMILES string of the molecule is Cc1ccccc1.O=[PH](O)OP(=O)(O)O[PH](=O)O. The molecule has 0 spiro atoms. The van der Waals surface area contributed by atoms with Crippen molar-refractivity contribution in [3.05, 3.63) is 35.9 Å². The predicted octanol–water partition coefficient (Wildman–Crippen LogP) is 1.88. The van der Waals surface area contributed by atoms with E-state index >= 15 is 0 Å². The molecule has 0 saturated carbocycles. The quantitative estimate of drug-likeness (QED) is 0.717. The fourth-order valence-electron chi connectivity index (χ4n) is 0.750. The van der Waals surface area contributed by atoms with Crippen molar-refractivity contribution in [1.82, 2.24) is 0 Å². The van der Waals surface area contributed by atoms with Crippen molar-refractivity contribution < 1.29 is 37.0 Å². The van der Waals surface area contributed by atoms with E-state index in [2.05, 4.69) is 27.7 Å². The molecule has 0 aliphatic heterocycles. The highest BCUT2D eigenvalue weighted by molar-refractivity contribution is 7.60. The molecule has 0 aliphatic carbocycles. The second-order valence-electron chi connectivity index (χ2n) is 2.84. The highest BCUT2D eigenvalue weighted by Crippen LogP contribution is 2.55. The lowest BCUT2D eigenvalue weighted by atomic mass is 10.2. The molecule has 104 valence electrons. The van der Waals surface area contributed by atoms with E-state index in [0.29, 0.717) is 0 Å². The molecule has 1 aromatic rings. The Balaban J connectivity index is 0.000000351. The van der Waals surface area contributed by atoms with E-state index in [-0.39, 0.29) is 0 Å². The van der Waals surface area contributed by atoms with Crippen LogP contribution in [-0.4, -0.2) is 14.7 Å². The van der Waals surface area contributed by atoms with Gasteiger partial charge in [0.1, 0.15) is 0 Å². The molecule has 1 aromatic carbocycles. The number of phosphoric acid groups is 1. The molecule has 0 saturated heterocycles. The minimum Gasteiger partial charge on any atom is -0.326 e. The van der Waals surface area contributed by atoms with Crippen LogP contribution in [0, 0.1) is 6.92 Å². The Labute approximate surface area is 105 Å². The van der Waals surface area contributed by atoms with E-state index < -0.39 is 24.3 Å². The van der Waals surface area contributed by atoms with Gasteiger partial charge in [-0.25, -0.2) is 13.2 Å². The van der Waals surface area contributed by atoms with Gasteiger partial charge >= 0.3 is 24.3 Å². The Morgan fingerprint density at radius 1 is 1.06 bits per heavy atom. The molecule has 1 rings (SSSR count). The van der Waals surface area contributed by atoms with Crippen LogP contribution in [0.5, 0.6) is 0 Å². The van der Waals surface area contributed by atoms with Gasteiger partial charge in [-0.2, -0.15) is 0 Å². The van der Waals surface area contributed by atoms with Gasteiger partial charge < -0.3 is 14.7 Å². The lowest BCUT2D eigenvalue weighted by Gasteiger charge is -2.05. The third kappa shape index (κ3) is 10.8. The van der Waals surface area contributed by atoms with Crippen LogP contribution in [0.4, 0.5) is 0 Å². The summed E-state index contributed by atoms with van der Waals surface area (Å²) < 4.78 is 36.6. The minimum absolute atomic E-state index is 1.32. The Kier molecular flexibility index (Phi) is 8.61. The van der Waals surface area contributed by atoms with Gasteiger partial charge in [-0.15, -0.1) is 0 Å². The monoisotopic (exact) mass is 318 g/mol. The zero-order chi connectivity index (χ0) is 14.2. The van der Waals surface area contributed by atoms with Crippen LogP contribution in [-0.2, 0) is 22.3 Å². The number of rotatable bonds is 4. The zero-order valence-corrected chi connectivity index (χ0v) is 12.1. The van der Waals surface area contributed by atoms with E-state index in [1.807, 2.05) is 18.2 Å². The summed E-state index contributed by atoms with van der Waals surface area (Å²) in [4.78, 5) is 24.2. The first-order valence-corrected chi connectivity index (χ1v) is 8.44. The molecule has 11 heteroatoms. The van der Waals surface area contributed by atoms with Crippen LogP contribution in [0.15, 0.2) is 30.3 Å². The molecule has 18 heavy (non-hydrogen) atoms. The van der Waals surface area contributed by atoms with Gasteiger partial charge in [0.2, 0.25) is 0 Å². The first kappa shape index (κ1) is 17.7. The molecule has 0 aromatic heterocycles. The Hall–Kier alpha value is -0.290. The topological polar surface area (TPSA) is 130 Å². The Morgan fingerprint density at radius 2 is 1.44 bits per heavy atom. The molecule has 8 nitrogen and oxygen atoms in total. The number of hydrogen-bond acceptors (Lipinski definition) is 5. The van der Waals surface area contributed by atoms with Gasteiger partial charge in [-0.1, -0.05) is 35.9 Å². The third-order valence-corrected chi connectivity index (χ3v) is 4.42. The normalized spacial score (nSPS) is 16.9. The largest absolute Gasteiger partial charge is 0.486 e. The van der Waals surface area contributed by atoms with Crippen molar-refractivity contribution in [1.29, 1.82) is 0 Å². The van der Waals surface area contributed by atoms with E-state index in [9.17, 15) is 13.7 Å². The van der Waals surface area contributed by atoms with E-state index in [0.717, 1.165) is 0 Å². The summed E-state index contributed by atoms with van der Waals surface area (Å²) in [5.41, 5.74) is 1.32. The molecule has 0 fully saturated rings. The molecule has 0 aliphatic rings. The van der Waals surface area contributed by atoms with Crippen LogP contribution < -0.4 is 0 Å². The van der Waals surface area contributed by atoms with Crippen molar-refractivity contribution >= 4 is 24.3 Å². The average molecular weight is 318 g/mol. The van der Waals surface area contributed by atoms with Gasteiger partial charge in [0.25, 0.3) is 0 Å². The van der Waals surface area contributed by atoms with E-state index in [1.165, 1.54) is 5.56 Å². The lowest BCUT2D eigenvalue weighted by Crippen LogP contribution is -1.81. The summed E-state index contributed by atoms with van der Waals surface area (Å²) in [6.07, 6.45) is 0. The van der Waals surface area contributed by atoms with Gasteiger partial charge in [-0.05, 0) is 6.92 Å². The Bertz CT molecular complexity index is 427. The first-order valence-electron chi connectivity index (χ1n) is 4.42. The second-order valence-corrected chi connectivity index (χ2v) is 6.30. The highest BCUT2D eigenvalue weighted by Gasteiger charge is 2.25. The molecular formula is C7H13O8P3. The summed E-state index contributed by atoms with van der Waals surface area (Å²) in [7, 11) is -12.2. The minimum atomic E-state index is -4.84. The van der Waals surface area contributed by atoms with Crippen molar-refractivity contribution in [2.75, 3.05) is 0 Å². The van der Waals surface area contributed by atoms with E-state index in [4.69, 9.17) is 14.7 Å². The van der Waals surface area contributed by atoms with Gasteiger partial charge in [-0.3, -0.25) is 9.13 Å². The Morgan fingerprint density at radius 3 is 1.67 bits per heavy atom. The van der Waals surface area contributed by atoms with Gasteiger partial charge in [0, 0.05) is 0 Å². The molecule has 0 bridgehead atoms. The lowest BCUT2D eigenvalue weighted by molar-refractivity contribution is 0.271. The van der Waals surface area contributed by atoms with Crippen LogP contribution in [0.2, 0.25) is 0 Å². The third-order valence-electron chi connectivity index (χ3n) is 1.33. The molecule has 0 heterocycles. The van der Waals surface area contributed by atoms with Crippen LogP contribution in [0.3, 0.4) is 0 Å². The summed E-state index contributed by atoms with van der Waals surface area (Å²) in [5.74, 6) is 0. The van der Waals surface area contributed by atoms with Crippen LogP contribution in [0.1, 0.15) is 5.56 Å². The number of aryl methyl sites for hydroxylation is 1. The maximum Gasteiger partial charge on any atom is 0.486 e. The highest BCUT2D eigenvalue weighted by atomic mass is 31.3. The fourth-order valence-corrected chi connectivity index (χ4v) is 2.81. The predicted molar refractivity (Wildman–Crippen MR) is 65.6 cm³/mol. The van der Waals surface area contributed by atoms with Crippen molar-refractivity contribution in [3.8, 4) is 0 Å². The maximum absolute atomic E-state index is 10.3. The van der Waals surface area contributed by atoms with Gasteiger partial charge in [0.05, 0.1) is 0 Å². The molecular weight excluding hydrogens is 305 g/mol. The maximum atomic E-state index is 10.3. The van der Waals surface area contributed by atoms with Gasteiger partial charge in [0.15, 0.2) is 0 Å². The molecule has 0 amide bonds. The average Bonchev–Trinajstić information content (AvgIpc) is 2.14. The van der Waals surface area contributed by atoms with Crippen LogP contribution in [0.25, 0.3) is 0 Å². The smallest absolute Gasteiger partial charge is 0.326 e. The molecule has 3 N–H and O–H groups in total. The second kappa shape index (κ2) is 8.75. The van der Waals surface area contributed by atoms with Crippen molar-refractivity contribution in [2.24, 2.45) is 0 Å². The van der Waals surface area contributed by atoms with Crippen LogP contribution >= 0.6 is 24.3 Å². The molecule has 2 unspecified atom stereocenters. The van der Waals surface area contributed by atoms with Crippen molar-refractivity contribution in [3.63, 3.8) is 0 Å². The summed E-state index contributed by atoms with van der Waals surface area (Å²) >= 11 is 0. The zero-order valence-electron chi connectivity index (χ0n) is 9.22. The fraction of sp³-hybridized carbons (Fsp3) is 0.143. The summed E-state index contributed by atoms with van der Waals surface area (Å²) in [6, 6.07) is 10.3. The standard InChI is InChI=1S/C7H8.H5O8P3/c1-7-5-3-2-4-6-7;1-9(2)7-11(5,6)8-10(3)4/h2-6H,1H3;9-10H,(H,1,2)(H,3,4)(H,5,6). The number of hydrogen-bond donors (Lipinski definition) is 3. The van der Waals surface area contributed by atoms with E-state index in [1.54, 1.807) is 0 Å².